The summed E-state index contributed by atoms with van der Waals surface area (Å²) in [4.78, 5) is 51.8. The van der Waals surface area contributed by atoms with Gasteiger partial charge in [0.05, 0.1) is 14.2 Å². The number of carbonyl (C=O) groups excluding carboxylic acids is 4. The van der Waals surface area contributed by atoms with Crippen LogP contribution in [0.25, 0.3) is 0 Å². The molecule has 6 aromatic rings. The van der Waals surface area contributed by atoms with E-state index in [1.165, 1.54) is 0 Å². The molecule has 0 aliphatic rings. The lowest BCUT2D eigenvalue weighted by molar-refractivity contribution is 0.102. The largest absolute Gasteiger partial charge is 0.497 e. The van der Waals surface area contributed by atoms with Gasteiger partial charge in [0.25, 0.3) is 0 Å². The highest BCUT2D eigenvalue weighted by molar-refractivity contribution is 6.12. The van der Waals surface area contributed by atoms with E-state index in [4.69, 9.17) is 14.2 Å². The normalized spacial score (nSPS) is 10.6. The number of methoxy groups -OCH3 is 2. The molecular formula is C42H30O7. The van der Waals surface area contributed by atoms with E-state index in [1.807, 2.05) is 0 Å². The molecule has 0 fully saturated rings. The smallest absolute Gasteiger partial charge is 0.193 e. The van der Waals surface area contributed by atoms with E-state index in [0.717, 1.165) is 0 Å². The highest BCUT2D eigenvalue weighted by Crippen LogP contribution is 2.25. The molecule has 0 N–H and O–H groups in total. The molecule has 0 bridgehead atoms. The average molecular weight is 647 g/mol. The van der Waals surface area contributed by atoms with Crippen LogP contribution in [-0.2, 0) is 0 Å². The van der Waals surface area contributed by atoms with Crippen molar-refractivity contribution in [1.29, 1.82) is 0 Å². The molecule has 49 heavy (non-hydrogen) atoms. The van der Waals surface area contributed by atoms with E-state index in [-0.39, 0.29) is 23.1 Å². The van der Waals surface area contributed by atoms with Crippen molar-refractivity contribution < 1.29 is 33.4 Å². The van der Waals surface area contributed by atoms with Gasteiger partial charge in [0, 0.05) is 44.5 Å². The zero-order valence-electron chi connectivity index (χ0n) is 26.7. The van der Waals surface area contributed by atoms with Crippen LogP contribution in [0.4, 0.5) is 0 Å². The lowest BCUT2D eigenvalue weighted by atomic mass is 9.98. The molecule has 6 rings (SSSR count). The molecule has 0 heterocycles. The minimum absolute atomic E-state index is 0.145. The Balaban J connectivity index is 1.05. The highest BCUT2D eigenvalue weighted by Gasteiger charge is 2.15. The van der Waals surface area contributed by atoms with Crippen LogP contribution in [0, 0.1) is 0 Å². The monoisotopic (exact) mass is 646 g/mol. The molecule has 0 atom stereocenters. The first-order chi connectivity index (χ1) is 23.8. The highest BCUT2D eigenvalue weighted by atomic mass is 16.5. The lowest BCUT2D eigenvalue weighted by Gasteiger charge is -2.09. The van der Waals surface area contributed by atoms with Crippen LogP contribution in [-0.4, -0.2) is 37.4 Å². The summed E-state index contributed by atoms with van der Waals surface area (Å²) in [5, 5.41) is 0. The Morgan fingerprint density at radius 2 is 0.449 bits per heavy atom. The van der Waals surface area contributed by atoms with Crippen LogP contribution >= 0.6 is 0 Å². The third-order valence-electron chi connectivity index (χ3n) is 7.99. The summed E-state index contributed by atoms with van der Waals surface area (Å²) in [5.41, 5.74) is 3.88. The summed E-state index contributed by atoms with van der Waals surface area (Å²) >= 11 is 0. The number of benzene rings is 6. The van der Waals surface area contributed by atoms with Gasteiger partial charge in [0.15, 0.2) is 23.1 Å². The topological polar surface area (TPSA) is 96.0 Å². The van der Waals surface area contributed by atoms with E-state index in [9.17, 15) is 19.2 Å². The summed E-state index contributed by atoms with van der Waals surface area (Å²) in [7, 11) is 3.13. The van der Waals surface area contributed by atoms with Crippen molar-refractivity contribution in [1.82, 2.24) is 0 Å². The number of hydrogen-bond acceptors (Lipinski definition) is 7. The fourth-order valence-corrected chi connectivity index (χ4v) is 5.18. The van der Waals surface area contributed by atoms with E-state index in [2.05, 4.69) is 0 Å². The quantitative estimate of drug-likeness (QED) is 0.123. The van der Waals surface area contributed by atoms with E-state index >= 15 is 0 Å². The first-order valence-corrected chi connectivity index (χ1v) is 15.4. The SMILES string of the molecule is COc1ccc(C(=O)c2ccc(C(=O)c3ccc(Oc4ccc(C(=O)c5ccc(C(=O)c6ccc(OC)cc6)cc5)cc4)cc3)cc2)cc1. The Morgan fingerprint density at radius 1 is 0.286 bits per heavy atom. The second-order valence-electron chi connectivity index (χ2n) is 11.1. The number of rotatable bonds is 12. The van der Waals surface area contributed by atoms with Crippen molar-refractivity contribution in [3.8, 4) is 23.0 Å². The summed E-state index contributed by atoms with van der Waals surface area (Å²) in [5.74, 6) is 1.72. The molecular weight excluding hydrogens is 616 g/mol. The van der Waals surface area contributed by atoms with Gasteiger partial charge in [0.1, 0.15) is 23.0 Å². The summed E-state index contributed by atoms with van der Waals surface area (Å²) in [6.07, 6.45) is 0. The third-order valence-corrected chi connectivity index (χ3v) is 7.99. The molecule has 0 spiro atoms. The van der Waals surface area contributed by atoms with Crippen molar-refractivity contribution in [3.63, 3.8) is 0 Å². The second kappa shape index (κ2) is 14.4. The van der Waals surface area contributed by atoms with Crippen LogP contribution in [0.3, 0.4) is 0 Å². The fraction of sp³-hybridized carbons (Fsp3) is 0.0476. The summed E-state index contributed by atoms with van der Waals surface area (Å²) in [6.45, 7) is 0. The predicted molar refractivity (Wildman–Crippen MR) is 186 cm³/mol. The molecule has 0 amide bonds. The molecule has 0 aromatic heterocycles. The van der Waals surface area contributed by atoms with Crippen molar-refractivity contribution in [2.75, 3.05) is 14.2 Å². The third kappa shape index (κ3) is 7.37. The molecule has 0 aliphatic carbocycles. The molecule has 7 nitrogen and oxygen atoms in total. The van der Waals surface area contributed by atoms with Gasteiger partial charge in [-0.3, -0.25) is 19.2 Å². The van der Waals surface area contributed by atoms with Gasteiger partial charge in [-0.25, -0.2) is 0 Å². The van der Waals surface area contributed by atoms with E-state index in [1.54, 1.807) is 160 Å². The zero-order valence-corrected chi connectivity index (χ0v) is 26.7. The molecule has 0 saturated carbocycles. The summed E-state index contributed by atoms with van der Waals surface area (Å²) < 4.78 is 16.2. The maximum atomic E-state index is 13.1. The Kier molecular flexibility index (Phi) is 9.53. The van der Waals surface area contributed by atoms with Crippen LogP contribution in [0.5, 0.6) is 23.0 Å². The van der Waals surface area contributed by atoms with Crippen molar-refractivity contribution in [3.05, 3.63) is 190 Å². The van der Waals surface area contributed by atoms with Crippen molar-refractivity contribution >= 4 is 23.1 Å². The lowest BCUT2D eigenvalue weighted by Crippen LogP contribution is -2.04. The van der Waals surface area contributed by atoms with Gasteiger partial charge in [-0.2, -0.15) is 0 Å². The van der Waals surface area contributed by atoms with Gasteiger partial charge >= 0.3 is 0 Å². The van der Waals surface area contributed by atoms with Gasteiger partial charge < -0.3 is 14.2 Å². The molecule has 0 radical (unpaired) electrons. The Labute approximate surface area is 283 Å². The van der Waals surface area contributed by atoms with Crippen LogP contribution in [0.1, 0.15) is 63.7 Å². The van der Waals surface area contributed by atoms with Gasteiger partial charge in [-0.15, -0.1) is 0 Å². The number of ether oxygens (including phenoxy) is 3. The Morgan fingerprint density at radius 3 is 0.633 bits per heavy atom. The number of carbonyl (C=O) groups is 4. The molecule has 7 heteroatoms. The minimum atomic E-state index is -0.184. The Hall–Kier alpha value is -6.60. The molecule has 0 unspecified atom stereocenters. The standard InChI is InChI=1S/C42H30O7/c1-47-35-19-11-31(12-20-35)39(43)27-3-7-29(8-4-27)41(45)33-15-23-37(24-16-33)49-38-25-17-34(18-26-38)42(46)30-9-5-28(6-10-30)40(44)32-13-21-36(48-2)22-14-32/h3-26H,1-2H3. The maximum absolute atomic E-state index is 13.1. The first kappa shape index (κ1) is 32.3. The Bertz CT molecular complexity index is 1960. The van der Waals surface area contributed by atoms with Gasteiger partial charge in [-0.1, -0.05) is 48.5 Å². The number of ketones is 4. The minimum Gasteiger partial charge on any atom is -0.497 e. The van der Waals surface area contributed by atoms with E-state index < -0.39 is 0 Å². The molecule has 0 aliphatic heterocycles. The molecule has 240 valence electrons. The van der Waals surface area contributed by atoms with Gasteiger partial charge in [0.2, 0.25) is 0 Å². The first-order valence-electron chi connectivity index (χ1n) is 15.4. The predicted octanol–water partition coefficient (Wildman–Crippen LogP) is 8.42. The average Bonchev–Trinajstić information content (AvgIpc) is 3.17. The molecule has 0 saturated heterocycles. The van der Waals surface area contributed by atoms with Crippen LogP contribution in [0.15, 0.2) is 146 Å². The summed E-state index contributed by atoms with van der Waals surface area (Å²) in [6, 6.07) is 40.4. The van der Waals surface area contributed by atoms with Crippen LogP contribution in [0.2, 0.25) is 0 Å². The number of hydrogen-bond donors (Lipinski definition) is 0. The van der Waals surface area contributed by atoms with Crippen molar-refractivity contribution in [2.45, 2.75) is 0 Å². The van der Waals surface area contributed by atoms with Crippen LogP contribution < -0.4 is 14.2 Å². The maximum Gasteiger partial charge on any atom is 0.193 e. The second-order valence-corrected chi connectivity index (χ2v) is 11.1. The zero-order chi connectivity index (χ0) is 34.3. The fourth-order valence-electron chi connectivity index (χ4n) is 5.18. The van der Waals surface area contributed by atoms with Crippen molar-refractivity contribution in [2.24, 2.45) is 0 Å². The van der Waals surface area contributed by atoms with E-state index in [0.29, 0.717) is 67.5 Å². The molecule has 6 aromatic carbocycles. The van der Waals surface area contributed by atoms with Gasteiger partial charge in [-0.05, 0) is 97.1 Å².